The summed E-state index contributed by atoms with van der Waals surface area (Å²) in [6, 6.07) is 0.823. The van der Waals surface area contributed by atoms with Crippen LogP contribution in [0.1, 0.15) is 59.3 Å². The number of amides is 1. The lowest BCUT2D eigenvalue weighted by atomic mass is 9.91. The van der Waals surface area contributed by atoms with Gasteiger partial charge in [0.2, 0.25) is 5.91 Å². The Balaban J connectivity index is 1.49. The number of likely N-dealkylation sites (tertiary alicyclic amines) is 3. The van der Waals surface area contributed by atoms with Crippen LogP contribution in [0.15, 0.2) is 0 Å². The van der Waals surface area contributed by atoms with Crippen molar-refractivity contribution < 1.29 is 4.79 Å². The second kappa shape index (κ2) is 8.18. The van der Waals surface area contributed by atoms with Crippen molar-refractivity contribution in [2.45, 2.75) is 71.4 Å². The minimum absolute atomic E-state index is 0.0600. The van der Waals surface area contributed by atoms with E-state index in [-0.39, 0.29) is 6.04 Å². The molecule has 0 spiro atoms. The maximum atomic E-state index is 12.9. The molecule has 0 aliphatic carbocycles. The fraction of sp³-hybridized carbons (Fsp3) is 0.950. The summed E-state index contributed by atoms with van der Waals surface area (Å²) < 4.78 is 0. The third kappa shape index (κ3) is 4.32. The van der Waals surface area contributed by atoms with E-state index in [0.29, 0.717) is 17.7 Å². The lowest BCUT2D eigenvalue weighted by molar-refractivity contribution is -0.139. The van der Waals surface area contributed by atoms with Gasteiger partial charge in [-0.1, -0.05) is 20.3 Å². The van der Waals surface area contributed by atoms with Crippen LogP contribution in [0.25, 0.3) is 0 Å². The highest BCUT2D eigenvalue weighted by molar-refractivity contribution is 5.81. The van der Waals surface area contributed by atoms with Crippen molar-refractivity contribution in [2.24, 2.45) is 11.8 Å². The molecule has 1 amide bonds. The molecule has 4 nitrogen and oxygen atoms in total. The van der Waals surface area contributed by atoms with E-state index in [1.807, 2.05) is 0 Å². The lowest BCUT2D eigenvalue weighted by Gasteiger charge is -2.43. The zero-order chi connectivity index (χ0) is 17.1. The maximum absolute atomic E-state index is 12.9. The van der Waals surface area contributed by atoms with E-state index in [9.17, 15) is 4.79 Å². The topological polar surface area (TPSA) is 26.8 Å². The minimum atomic E-state index is 0.0600. The molecule has 3 atom stereocenters. The Morgan fingerprint density at radius 1 is 0.917 bits per heavy atom. The Bertz CT molecular complexity index is 403. The molecule has 0 unspecified atom stereocenters. The van der Waals surface area contributed by atoms with Gasteiger partial charge in [0.05, 0.1) is 6.04 Å². The third-order valence-corrected chi connectivity index (χ3v) is 6.49. The van der Waals surface area contributed by atoms with Crippen molar-refractivity contribution >= 4 is 5.91 Å². The van der Waals surface area contributed by atoms with E-state index in [1.54, 1.807) is 0 Å². The van der Waals surface area contributed by atoms with E-state index in [0.717, 1.165) is 32.2 Å². The molecule has 24 heavy (non-hydrogen) atoms. The van der Waals surface area contributed by atoms with Crippen molar-refractivity contribution in [1.29, 1.82) is 0 Å². The van der Waals surface area contributed by atoms with E-state index in [4.69, 9.17) is 0 Å². The van der Waals surface area contributed by atoms with Gasteiger partial charge in [-0.25, -0.2) is 0 Å². The Hall–Kier alpha value is -0.610. The number of piperidine rings is 3. The van der Waals surface area contributed by atoms with Crippen LogP contribution in [0.3, 0.4) is 0 Å². The lowest BCUT2D eigenvalue weighted by Crippen LogP contribution is -2.54. The largest absolute Gasteiger partial charge is 0.341 e. The first-order valence-electron chi connectivity index (χ1n) is 10.3. The normalized spacial score (nSPS) is 32.7. The Labute approximate surface area is 148 Å². The van der Waals surface area contributed by atoms with Crippen molar-refractivity contribution in [3.63, 3.8) is 0 Å². The first-order valence-corrected chi connectivity index (χ1v) is 10.3. The quantitative estimate of drug-likeness (QED) is 0.793. The van der Waals surface area contributed by atoms with Crippen molar-refractivity contribution in [3.05, 3.63) is 0 Å². The molecule has 0 radical (unpaired) electrons. The predicted molar refractivity (Wildman–Crippen MR) is 99.0 cm³/mol. The number of carbonyl (C=O) groups is 1. The van der Waals surface area contributed by atoms with Gasteiger partial charge in [0, 0.05) is 32.2 Å². The number of rotatable bonds is 3. The molecule has 3 heterocycles. The molecule has 0 aromatic rings. The number of nitrogens with zero attached hydrogens (tertiary/aromatic N) is 3. The van der Waals surface area contributed by atoms with Crippen LogP contribution >= 0.6 is 0 Å². The molecule has 3 fully saturated rings. The average Bonchev–Trinajstić information content (AvgIpc) is 2.60. The minimum Gasteiger partial charge on any atom is -0.341 e. The summed E-state index contributed by atoms with van der Waals surface area (Å²) in [5.41, 5.74) is 0. The Kier molecular flexibility index (Phi) is 6.20. The van der Waals surface area contributed by atoms with Gasteiger partial charge in [0.15, 0.2) is 0 Å². The van der Waals surface area contributed by atoms with Crippen LogP contribution in [-0.4, -0.2) is 72.0 Å². The summed E-state index contributed by atoms with van der Waals surface area (Å²) in [7, 11) is 0. The van der Waals surface area contributed by atoms with Gasteiger partial charge in [-0.15, -0.1) is 0 Å². The monoisotopic (exact) mass is 335 g/mol. The third-order valence-electron chi connectivity index (χ3n) is 6.49. The molecule has 0 saturated carbocycles. The van der Waals surface area contributed by atoms with Gasteiger partial charge in [-0.2, -0.15) is 0 Å². The Morgan fingerprint density at radius 2 is 1.50 bits per heavy atom. The van der Waals surface area contributed by atoms with Crippen LogP contribution in [0, 0.1) is 11.8 Å². The van der Waals surface area contributed by atoms with Gasteiger partial charge in [0.25, 0.3) is 0 Å². The maximum Gasteiger partial charge on any atom is 0.239 e. The van der Waals surface area contributed by atoms with E-state index >= 15 is 0 Å². The molecule has 0 aromatic heterocycles. The first kappa shape index (κ1) is 18.2. The number of carbonyl (C=O) groups excluding carboxylic acids is 1. The molecule has 0 N–H and O–H groups in total. The van der Waals surface area contributed by atoms with E-state index in [2.05, 4.69) is 35.5 Å². The molecular weight excluding hydrogens is 298 g/mol. The summed E-state index contributed by atoms with van der Waals surface area (Å²) >= 11 is 0. The standard InChI is InChI=1S/C20H37N3O/c1-16-13-17(2)15-23(14-16)20(24)18(3)21-11-7-19(8-12-21)22-9-5-4-6-10-22/h16-19H,4-15H2,1-3H3/t16-,17-,18+/m0/s1. The summed E-state index contributed by atoms with van der Waals surface area (Å²) in [6.45, 7) is 13.4. The summed E-state index contributed by atoms with van der Waals surface area (Å²) in [4.78, 5) is 20.2. The fourth-order valence-corrected chi connectivity index (χ4v) is 5.19. The van der Waals surface area contributed by atoms with Gasteiger partial charge >= 0.3 is 0 Å². The van der Waals surface area contributed by atoms with Crippen molar-refractivity contribution in [1.82, 2.24) is 14.7 Å². The van der Waals surface area contributed by atoms with Crippen LogP contribution < -0.4 is 0 Å². The van der Waals surface area contributed by atoms with Crippen LogP contribution in [0.2, 0.25) is 0 Å². The molecule has 3 saturated heterocycles. The fourth-order valence-electron chi connectivity index (χ4n) is 5.19. The highest BCUT2D eigenvalue weighted by Gasteiger charge is 2.33. The van der Waals surface area contributed by atoms with Gasteiger partial charge in [-0.05, 0) is 64.0 Å². The van der Waals surface area contributed by atoms with Crippen LogP contribution in [0.4, 0.5) is 0 Å². The molecule has 138 valence electrons. The number of hydrogen-bond donors (Lipinski definition) is 0. The second-order valence-electron chi connectivity index (χ2n) is 8.73. The summed E-state index contributed by atoms with van der Waals surface area (Å²) in [5.74, 6) is 1.66. The van der Waals surface area contributed by atoms with Crippen LogP contribution in [-0.2, 0) is 4.79 Å². The molecule has 0 bridgehead atoms. The van der Waals surface area contributed by atoms with Gasteiger partial charge in [0.1, 0.15) is 0 Å². The molecular formula is C20H37N3O. The van der Waals surface area contributed by atoms with E-state index < -0.39 is 0 Å². The summed E-state index contributed by atoms with van der Waals surface area (Å²) in [5, 5.41) is 0. The molecule has 3 aliphatic rings. The zero-order valence-corrected chi connectivity index (χ0v) is 16.0. The smallest absolute Gasteiger partial charge is 0.239 e. The second-order valence-corrected chi connectivity index (χ2v) is 8.73. The first-order chi connectivity index (χ1) is 11.5. The van der Waals surface area contributed by atoms with Gasteiger partial charge in [-0.3, -0.25) is 9.69 Å². The van der Waals surface area contributed by atoms with Crippen molar-refractivity contribution in [3.8, 4) is 0 Å². The summed E-state index contributed by atoms with van der Waals surface area (Å²) in [6.07, 6.45) is 7.91. The highest BCUT2D eigenvalue weighted by Crippen LogP contribution is 2.25. The molecule has 0 aromatic carbocycles. The molecule has 4 heteroatoms. The van der Waals surface area contributed by atoms with E-state index in [1.165, 1.54) is 51.6 Å². The average molecular weight is 336 g/mol. The predicted octanol–water partition coefficient (Wildman–Crippen LogP) is 2.83. The van der Waals surface area contributed by atoms with Crippen molar-refractivity contribution in [2.75, 3.05) is 39.3 Å². The molecule has 3 aliphatic heterocycles. The number of hydrogen-bond acceptors (Lipinski definition) is 3. The van der Waals surface area contributed by atoms with Gasteiger partial charge < -0.3 is 9.80 Å². The highest BCUT2D eigenvalue weighted by atomic mass is 16.2. The molecule has 3 rings (SSSR count). The SMILES string of the molecule is C[C@H]1C[C@H](C)CN(C(=O)[C@@H](C)N2CCC(N3CCCCC3)CC2)C1. The zero-order valence-electron chi connectivity index (χ0n) is 16.0. The van der Waals surface area contributed by atoms with Crippen LogP contribution in [0.5, 0.6) is 0 Å². The Morgan fingerprint density at radius 3 is 2.08 bits per heavy atom.